The third-order valence-electron chi connectivity index (χ3n) is 9.76. The summed E-state index contributed by atoms with van der Waals surface area (Å²) in [7, 11) is 0. The molecule has 6 nitrogen and oxygen atoms in total. The van der Waals surface area contributed by atoms with Crippen molar-refractivity contribution in [1.82, 2.24) is 9.88 Å². The number of aliphatic imine (C=N–C) groups is 1. The number of amidine groups is 1. The predicted octanol–water partition coefficient (Wildman–Crippen LogP) is 9.70. The molecule has 0 spiro atoms. The maximum atomic E-state index is 13.5. The summed E-state index contributed by atoms with van der Waals surface area (Å²) in [6.45, 7) is 21.4. The average Bonchev–Trinajstić information content (AvgIpc) is 3.41. The molecule has 48 heavy (non-hydrogen) atoms. The summed E-state index contributed by atoms with van der Waals surface area (Å²) in [4.78, 5) is 23.4. The maximum Gasteiger partial charge on any atom is 0.231 e. The highest BCUT2D eigenvalue weighted by Crippen LogP contribution is 2.56. The zero-order chi connectivity index (χ0) is 34.2. The molecule has 250 valence electrons. The van der Waals surface area contributed by atoms with Gasteiger partial charge < -0.3 is 19.7 Å². The van der Waals surface area contributed by atoms with Crippen molar-refractivity contribution in [3.63, 3.8) is 0 Å². The fourth-order valence-corrected chi connectivity index (χ4v) is 8.43. The monoisotopic (exact) mass is 659 g/mol. The predicted molar refractivity (Wildman–Crippen MR) is 207 cm³/mol. The van der Waals surface area contributed by atoms with Crippen LogP contribution >= 0.6 is 11.8 Å². The van der Waals surface area contributed by atoms with Crippen molar-refractivity contribution in [2.45, 2.75) is 66.7 Å². The molecule has 0 aliphatic carbocycles. The highest BCUT2D eigenvalue weighted by molar-refractivity contribution is 8.15. The van der Waals surface area contributed by atoms with Crippen LogP contribution in [0.3, 0.4) is 0 Å². The van der Waals surface area contributed by atoms with E-state index < -0.39 is 10.2 Å². The summed E-state index contributed by atoms with van der Waals surface area (Å²) in [6.07, 6.45) is 0. The molecule has 1 N–H and O–H groups in total. The quantitative estimate of drug-likeness (QED) is 0.171. The lowest BCUT2D eigenvalue weighted by molar-refractivity contribution is -0.126. The highest BCUT2D eigenvalue weighted by Gasteiger charge is 2.44. The second-order valence-electron chi connectivity index (χ2n) is 13.5. The largest absolute Gasteiger partial charge is 0.372 e. The minimum absolute atomic E-state index is 0.0515. The van der Waals surface area contributed by atoms with Crippen LogP contribution in [0, 0.1) is 5.41 Å². The molecular weight excluding hydrogens is 611 g/mol. The highest BCUT2D eigenvalue weighted by atomic mass is 32.2. The van der Waals surface area contributed by atoms with Crippen LogP contribution in [0.2, 0.25) is 0 Å². The normalized spacial score (nSPS) is 16.1. The van der Waals surface area contributed by atoms with Crippen molar-refractivity contribution < 1.29 is 4.79 Å². The average molecular weight is 660 g/mol. The molecule has 1 amide bonds. The number of aryl methyl sites for hydroxylation is 1. The lowest BCUT2D eigenvalue weighted by Crippen LogP contribution is -2.41. The van der Waals surface area contributed by atoms with Gasteiger partial charge in [0.2, 0.25) is 5.91 Å². The van der Waals surface area contributed by atoms with E-state index in [1.165, 1.54) is 27.5 Å². The van der Waals surface area contributed by atoms with Crippen molar-refractivity contribution in [2.75, 3.05) is 36.0 Å². The van der Waals surface area contributed by atoms with Crippen LogP contribution in [0.4, 0.5) is 17.1 Å². The molecule has 0 saturated heterocycles. The Hall–Kier alpha value is -4.23. The Balaban J connectivity index is 1.66. The van der Waals surface area contributed by atoms with Gasteiger partial charge in [-0.05, 0) is 88.2 Å². The molecule has 4 aromatic carbocycles. The molecule has 1 atom stereocenters. The van der Waals surface area contributed by atoms with Crippen LogP contribution in [0.25, 0.3) is 21.8 Å². The molecule has 1 unspecified atom stereocenters. The lowest BCUT2D eigenvalue weighted by atomic mass is 9.82. The number of carbonyl (C=O) groups is 1. The molecule has 0 bridgehead atoms. The number of para-hydroxylation sites is 1. The Bertz CT molecular complexity index is 1980. The zero-order valence-corrected chi connectivity index (χ0v) is 30.5. The number of anilines is 2. The molecule has 2 heterocycles. The fourth-order valence-electron chi connectivity index (χ4n) is 7.07. The van der Waals surface area contributed by atoms with Crippen LogP contribution in [0.15, 0.2) is 89.9 Å². The van der Waals surface area contributed by atoms with Crippen molar-refractivity contribution >= 4 is 61.7 Å². The molecule has 7 heteroatoms. The van der Waals surface area contributed by atoms with E-state index in [-0.39, 0.29) is 5.91 Å². The van der Waals surface area contributed by atoms with Gasteiger partial charge in [-0.15, -0.1) is 0 Å². The summed E-state index contributed by atoms with van der Waals surface area (Å²) in [6, 6.07) is 31.4. The van der Waals surface area contributed by atoms with Crippen molar-refractivity contribution in [3.8, 4) is 0 Å². The summed E-state index contributed by atoms with van der Waals surface area (Å²) >= 11 is 1.63. The third kappa shape index (κ3) is 5.76. The van der Waals surface area contributed by atoms with Gasteiger partial charge in [-0.3, -0.25) is 4.79 Å². The van der Waals surface area contributed by atoms with E-state index in [1.807, 2.05) is 20.8 Å². The van der Waals surface area contributed by atoms with E-state index in [0.717, 1.165) is 60.8 Å². The third-order valence-corrected chi connectivity index (χ3v) is 11.1. The number of hydrogen-bond acceptors (Lipinski definition) is 5. The van der Waals surface area contributed by atoms with Gasteiger partial charge in [0, 0.05) is 76.9 Å². The van der Waals surface area contributed by atoms with Gasteiger partial charge >= 0.3 is 0 Å². The second kappa shape index (κ2) is 13.3. The summed E-state index contributed by atoms with van der Waals surface area (Å²) in [5, 5.41) is 6.34. The first kappa shape index (κ1) is 33.7. The fraction of sp³-hybridized carbons (Fsp3) is 0.366. The van der Waals surface area contributed by atoms with Gasteiger partial charge in [-0.1, -0.05) is 75.0 Å². The number of carbonyl (C=O) groups excluding carboxylic acids is 1. The number of amides is 1. The lowest BCUT2D eigenvalue weighted by Gasteiger charge is -2.39. The van der Waals surface area contributed by atoms with E-state index in [4.69, 9.17) is 4.99 Å². The number of fused-ring (bicyclic) bond motifs is 4. The summed E-state index contributed by atoms with van der Waals surface area (Å²) in [5.41, 5.74) is 8.53. The van der Waals surface area contributed by atoms with Gasteiger partial charge in [0.25, 0.3) is 0 Å². The molecule has 0 saturated carbocycles. The molecule has 1 aliphatic heterocycles. The summed E-state index contributed by atoms with van der Waals surface area (Å²) in [5.74, 6) is -0.0515. The van der Waals surface area contributed by atoms with Gasteiger partial charge in [0.05, 0.1) is 5.69 Å². The van der Waals surface area contributed by atoms with Crippen LogP contribution in [-0.4, -0.2) is 41.8 Å². The number of thioether (sulfide) groups is 1. The van der Waals surface area contributed by atoms with Crippen LogP contribution in [0.1, 0.15) is 72.1 Å². The molecule has 6 rings (SSSR count). The standard InChI is InChI=1S/C41H49N5OS/c1-9-44(10-2)30-21-18-28(19-22-30)41(29-20-25-37-33(26-29)32-16-14-15-17-36(32)46(37)13-5)34-24-23-31(45(11-3)12-4)27-35(34)42-39(48-41)43-38(47)40(6,7)8/h14-27H,9-13H2,1-8H3,(H,42,43,47). The molecule has 1 aliphatic rings. The Morgan fingerprint density at radius 3 is 2.00 bits per heavy atom. The number of nitrogens with zero attached hydrogens (tertiary/aromatic N) is 4. The number of hydrogen-bond donors (Lipinski definition) is 1. The molecule has 0 fully saturated rings. The van der Waals surface area contributed by atoms with Crippen molar-refractivity contribution in [2.24, 2.45) is 10.4 Å². The molecule has 5 aromatic rings. The van der Waals surface area contributed by atoms with Gasteiger partial charge in [-0.25, -0.2) is 4.99 Å². The Kier molecular flexibility index (Phi) is 9.36. The smallest absolute Gasteiger partial charge is 0.231 e. The zero-order valence-electron chi connectivity index (χ0n) is 29.7. The molecule has 0 radical (unpaired) electrons. The topological polar surface area (TPSA) is 52.9 Å². The molecular formula is C41H49N5OS. The SMILES string of the molecule is CCN(CC)c1ccc(C2(c3ccc4c(c3)c3ccccc3n4CC)SC(NC(=O)C(C)(C)C)=Nc3cc(N(CC)CC)ccc32)cc1. The van der Waals surface area contributed by atoms with E-state index in [0.29, 0.717) is 5.17 Å². The first-order chi connectivity index (χ1) is 23.1. The minimum atomic E-state index is -0.676. The Morgan fingerprint density at radius 2 is 1.35 bits per heavy atom. The van der Waals surface area contributed by atoms with Crippen LogP contribution in [0.5, 0.6) is 0 Å². The number of nitrogens with one attached hydrogen (secondary N) is 1. The van der Waals surface area contributed by atoms with E-state index in [1.54, 1.807) is 11.8 Å². The molecule has 1 aromatic heterocycles. The number of aromatic nitrogens is 1. The van der Waals surface area contributed by atoms with Crippen molar-refractivity contribution in [1.29, 1.82) is 0 Å². The van der Waals surface area contributed by atoms with Crippen LogP contribution < -0.4 is 15.1 Å². The first-order valence-electron chi connectivity index (χ1n) is 17.4. The van der Waals surface area contributed by atoms with Crippen molar-refractivity contribution in [3.05, 3.63) is 102 Å². The number of rotatable bonds is 9. The van der Waals surface area contributed by atoms with Gasteiger partial charge in [0.15, 0.2) is 5.17 Å². The van der Waals surface area contributed by atoms with E-state index in [2.05, 4.69) is 139 Å². The first-order valence-corrected chi connectivity index (χ1v) is 18.3. The van der Waals surface area contributed by atoms with E-state index >= 15 is 0 Å². The Labute approximate surface area is 290 Å². The Morgan fingerprint density at radius 1 is 0.750 bits per heavy atom. The number of benzene rings is 4. The second-order valence-corrected chi connectivity index (χ2v) is 14.7. The van der Waals surface area contributed by atoms with E-state index in [9.17, 15) is 4.79 Å². The maximum absolute atomic E-state index is 13.5. The van der Waals surface area contributed by atoms with Gasteiger partial charge in [0.1, 0.15) is 4.75 Å². The summed E-state index contributed by atoms with van der Waals surface area (Å²) < 4.78 is 1.72. The minimum Gasteiger partial charge on any atom is -0.372 e. The van der Waals surface area contributed by atoms with Crippen LogP contribution in [-0.2, 0) is 16.1 Å². The van der Waals surface area contributed by atoms with Gasteiger partial charge in [-0.2, -0.15) is 0 Å².